The SMILES string of the molecule is CCCCCCCCCCCC(=O)NNC(CCC(N)=O)C(=O)O.NCCCCC(N)C(=O)O. The van der Waals surface area contributed by atoms with E-state index in [1.165, 1.54) is 38.5 Å². The van der Waals surface area contributed by atoms with Crippen molar-refractivity contribution in [1.29, 1.82) is 0 Å². The minimum absolute atomic E-state index is 0.0436. The van der Waals surface area contributed by atoms with Crippen molar-refractivity contribution in [2.45, 2.75) is 115 Å². The van der Waals surface area contributed by atoms with Gasteiger partial charge in [0.2, 0.25) is 11.8 Å². The first-order valence-corrected chi connectivity index (χ1v) is 12.4. The fourth-order valence-corrected chi connectivity index (χ4v) is 3.00. The van der Waals surface area contributed by atoms with Crippen LogP contribution in [0, 0.1) is 0 Å². The summed E-state index contributed by atoms with van der Waals surface area (Å²) in [5.41, 5.74) is 20.2. The van der Waals surface area contributed by atoms with Gasteiger partial charge in [-0.25, -0.2) is 5.43 Å². The van der Waals surface area contributed by atoms with E-state index in [2.05, 4.69) is 17.8 Å². The first-order chi connectivity index (χ1) is 16.1. The highest BCUT2D eigenvalue weighted by Crippen LogP contribution is 2.10. The molecule has 34 heavy (non-hydrogen) atoms. The first kappa shape index (κ1) is 33.9. The van der Waals surface area contributed by atoms with E-state index in [4.69, 9.17) is 27.4 Å². The second kappa shape index (κ2) is 23.9. The van der Waals surface area contributed by atoms with Gasteiger partial charge >= 0.3 is 11.9 Å². The fraction of sp³-hybridized carbons (Fsp3) is 0.826. The molecule has 0 bridgehead atoms. The molecule has 0 heterocycles. The average Bonchev–Trinajstić information content (AvgIpc) is 2.78. The third-order valence-corrected chi connectivity index (χ3v) is 5.16. The van der Waals surface area contributed by atoms with Crippen LogP contribution in [0.3, 0.4) is 0 Å². The Bertz CT molecular complexity index is 562. The molecule has 10 N–H and O–H groups in total. The van der Waals surface area contributed by atoms with E-state index in [1.54, 1.807) is 0 Å². The number of primary amides is 1. The molecule has 0 spiro atoms. The lowest BCUT2D eigenvalue weighted by Crippen LogP contribution is -2.48. The maximum atomic E-state index is 11.7. The number of unbranched alkanes of at least 4 members (excludes halogenated alkanes) is 9. The van der Waals surface area contributed by atoms with Crippen LogP contribution in [-0.4, -0.2) is 52.6 Å². The summed E-state index contributed by atoms with van der Waals surface area (Å²) < 4.78 is 0. The van der Waals surface area contributed by atoms with Crippen molar-refractivity contribution >= 4 is 23.8 Å². The molecule has 0 aromatic carbocycles. The number of carbonyl (C=O) groups is 4. The van der Waals surface area contributed by atoms with Crippen LogP contribution in [0.2, 0.25) is 0 Å². The van der Waals surface area contributed by atoms with Crippen molar-refractivity contribution in [3.63, 3.8) is 0 Å². The number of hydrogen-bond acceptors (Lipinski definition) is 7. The van der Waals surface area contributed by atoms with Crippen molar-refractivity contribution in [2.24, 2.45) is 17.2 Å². The highest BCUT2D eigenvalue weighted by molar-refractivity contribution is 5.78. The summed E-state index contributed by atoms with van der Waals surface area (Å²) in [5, 5.41) is 17.3. The molecule has 2 amide bonds. The van der Waals surface area contributed by atoms with E-state index >= 15 is 0 Å². The Morgan fingerprint density at radius 2 is 1.32 bits per heavy atom. The summed E-state index contributed by atoms with van der Waals surface area (Å²) in [5.74, 6) is -2.86. The maximum absolute atomic E-state index is 11.7. The number of hydrazine groups is 1. The molecular formula is C23H47N5O6. The summed E-state index contributed by atoms with van der Waals surface area (Å²) in [4.78, 5) is 43.5. The Labute approximate surface area is 203 Å². The maximum Gasteiger partial charge on any atom is 0.322 e. The summed E-state index contributed by atoms with van der Waals surface area (Å²) in [7, 11) is 0. The lowest BCUT2D eigenvalue weighted by molar-refractivity contribution is -0.141. The van der Waals surface area contributed by atoms with Gasteiger partial charge in [-0.15, -0.1) is 0 Å². The normalized spacial score (nSPS) is 12.2. The van der Waals surface area contributed by atoms with Gasteiger partial charge < -0.3 is 27.4 Å². The summed E-state index contributed by atoms with van der Waals surface area (Å²) >= 11 is 0. The molecule has 11 heteroatoms. The number of carboxylic acids is 2. The molecule has 0 aliphatic carbocycles. The van der Waals surface area contributed by atoms with Gasteiger partial charge in [0.15, 0.2) is 0 Å². The van der Waals surface area contributed by atoms with Crippen molar-refractivity contribution in [3.8, 4) is 0 Å². The van der Waals surface area contributed by atoms with Crippen molar-refractivity contribution in [3.05, 3.63) is 0 Å². The lowest BCUT2D eigenvalue weighted by Gasteiger charge is -2.14. The van der Waals surface area contributed by atoms with Crippen molar-refractivity contribution in [2.75, 3.05) is 6.54 Å². The van der Waals surface area contributed by atoms with Gasteiger partial charge in [0.1, 0.15) is 12.1 Å². The zero-order valence-corrected chi connectivity index (χ0v) is 20.7. The Morgan fingerprint density at radius 3 is 1.79 bits per heavy atom. The van der Waals surface area contributed by atoms with Gasteiger partial charge in [-0.05, 0) is 32.2 Å². The predicted molar refractivity (Wildman–Crippen MR) is 131 cm³/mol. The molecule has 0 saturated heterocycles. The molecule has 0 aromatic heterocycles. The Hall–Kier alpha value is -2.24. The van der Waals surface area contributed by atoms with Gasteiger partial charge in [0.25, 0.3) is 0 Å². The second-order valence-corrected chi connectivity index (χ2v) is 8.40. The minimum Gasteiger partial charge on any atom is -0.480 e. The predicted octanol–water partition coefficient (Wildman–Crippen LogP) is 1.77. The van der Waals surface area contributed by atoms with E-state index in [0.29, 0.717) is 19.4 Å². The molecule has 0 aliphatic heterocycles. The third kappa shape index (κ3) is 24.4. The Balaban J connectivity index is 0. The van der Waals surface area contributed by atoms with Crippen molar-refractivity contribution < 1.29 is 29.4 Å². The van der Waals surface area contributed by atoms with Crippen LogP contribution in [0.1, 0.15) is 103 Å². The Morgan fingerprint density at radius 1 is 0.765 bits per heavy atom. The van der Waals surface area contributed by atoms with Crippen LogP contribution < -0.4 is 28.1 Å². The highest BCUT2D eigenvalue weighted by atomic mass is 16.4. The van der Waals surface area contributed by atoms with Crippen LogP contribution in [-0.2, 0) is 19.2 Å². The smallest absolute Gasteiger partial charge is 0.322 e. The number of nitrogens with one attached hydrogen (secondary N) is 2. The highest BCUT2D eigenvalue weighted by Gasteiger charge is 2.18. The van der Waals surface area contributed by atoms with Gasteiger partial charge in [0, 0.05) is 12.8 Å². The van der Waals surface area contributed by atoms with Crippen LogP contribution in [0.5, 0.6) is 0 Å². The molecule has 0 radical (unpaired) electrons. The number of aliphatic carboxylic acids is 2. The number of carboxylic acid groups (broad SMARTS) is 2. The van der Waals surface area contributed by atoms with Gasteiger partial charge in [-0.3, -0.25) is 24.6 Å². The van der Waals surface area contributed by atoms with Gasteiger partial charge in [0.05, 0.1) is 0 Å². The molecule has 0 rings (SSSR count). The number of amides is 2. The largest absolute Gasteiger partial charge is 0.480 e. The van der Waals surface area contributed by atoms with E-state index in [0.717, 1.165) is 32.1 Å². The third-order valence-electron chi connectivity index (χ3n) is 5.16. The summed E-state index contributed by atoms with van der Waals surface area (Å²) in [6.07, 6.45) is 13.1. The molecule has 0 fully saturated rings. The standard InChI is InChI=1S/C17H33N3O4.C6H14N2O2/c1-2-3-4-5-6-7-8-9-10-11-16(22)20-19-14(17(23)24)12-13-15(18)21;7-4-2-1-3-5(8)6(9)10/h14,19H,2-13H2,1H3,(H2,18,21)(H,20,22)(H,23,24);5H,1-4,7-8H2,(H,9,10). The molecule has 2 unspecified atom stereocenters. The molecule has 0 saturated carbocycles. The van der Waals surface area contributed by atoms with Crippen molar-refractivity contribution in [1.82, 2.24) is 10.9 Å². The van der Waals surface area contributed by atoms with Gasteiger partial charge in [-0.2, -0.15) is 0 Å². The zero-order chi connectivity index (χ0) is 26.2. The Kier molecular flexibility index (Phi) is 23.9. The minimum atomic E-state index is -1.13. The molecular weight excluding hydrogens is 442 g/mol. The molecule has 200 valence electrons. The lowest BCUT2D eigenvalue weighted by atomic mass is 10.1. The second-order valence-electron chi connectivity index (χ2n) is 8.40. The number of hydrogen-bond donors (Lipinski definition) is 7. The topological polar surface area (TPSA) is 211 Å². The summed E-state index contributed by atoms with van der Waals surface area (Å²) in [6, 6.07) is -1.73. The van der Waals surface area contributed by atoms with Crippen LogP contribution >= 0.6 is 0 Å². The fourth-order valence-electron chi connectivity index (χ4n) is 3.00. The number of carbonyl (C=O) groups excluding carboxylic acids is 2. The van der Waals surface area contributed by atoms with E-state index < -0.39 is 29.9 Å². The van der Waals surface area contributed by atoms with E-state index in [9.17, 15) is 19.2 Å². The zero-order valence-electron chi connectivity index (χ0n) is 20.7. The molecule has 2 atom stereocenters. The molecule has 0 aliphatic rings. The van der Waals surface area contributed by atoms with E-state index in [1.807, 2.05) is 0 Å². The average molecular weight is 490 g/mol. The number of rotatable bonds is 21. The molecule has 0 aromatic rings. The molecule has 11 nitrogen and oxygen atoms in total. The number of nitrogens with two attached hydrogens (primary N) is 3. The first-order valence-electron chi connectivity index (χ1n) is 12.4. The van der Waals surface area contributed by atoms with Crippen LogP contribution in [0.25, 0.3) is 0 Å². The van der Waals surface area contributed by atoms with Crippen LogP contribution in [0.15, 0.2) is 0 Å². The van der Waals surface area contributed by atoms with Crippen LogP contribution in [0.4, 0.5) is 0 Å². The van der Waals surface area contributed by atoms with E-state index in [-0.39, 0.29) is 18.7 Å². The van der Waals surface area contributed by atoms with Gasteiger partial charge in [-0.1, -0.05) is 64.7 Å². The summed E-state index contributed by atoms with van der Waals surface area (Å²) in [6.45, 7) is 2.81. The quantitative estimate of drug-likeness (QED) is 0.0923. The monoisotopic (exact) mass is 489 g/mol.